The van der Waals surface area contributed by atoms with Gasteiger partial charge in [-0.1, -0.05) is 32.0 Å². The summed E-state index contributed by atoms with van der Waals surface area (Å²) in [6, 6.07) is 10.0. The Labute approximate surface area is 90.6 Å². The quantitative estimate of drug-likeness (QED) is 0.760. The lowest BCUT2D eigenvalue weighted by Crippen LogP contribution is -2.46. The van der Waals surface area contributed by atoms with E-state index in [1.165, 1.54) is 0 Å². The van der Waals surface area contributed by atoms with E-state index < -0.39 is 0 Å². The van der Waals surface area contributed by atoms with Crippen LogP contribution < -0.4 is 10.7 Å². The highest BCUT2D eigenvalue weighted by molar-refractivity contribution is 5.91. The predicted octanol–water partition coefficient (Wildman–Crippen LogP) is 2.19. The smallest absolute Gasteiger partial charge is 0.110 e. The molecule has 1 atom stereocenters. The highest BCUT2D eigenvalue weighted by Gasteiger charge is 2.40. The fourth-order valence-corrected chi connectivity index (χ4v) is 1.67. The van der Waals surface area contributed by atoms with Gasteiger partial charge in [0.1, 0.15) is 6.17 Å². The molecule has 3 nitrogen and oxygen atoms in total. The largest absolute Gasteiger partial charge is 0.309 e. The number of nitrogens with zero attached hydrogens (tertiary/aromatic N) is 2. The first-order valence-electron chi connectivity index (χ1n) is 5.19. The summed E-state index contributed by atoms with van der Waals surface area (Å²) in [5.41, 5.74) is 8.26. The van der Waals surface area contributed by atoms with Gasteiger partial charge in [0.25, 0.3) is 0 Å². The number of hydrazone groups is 1. The van der Waals surface area contributed by atoms with Crippen LogP contribution in [-0.2, 0) is 0 Å². The zero-order chi connectivity index (χ0) is 11.1. The lowest BCUT2D eigenvalue weighted by Gasteiger charge is -2.29. The summed E-state index contributed by atoms with van der Waals surface area (Å²) in [5.74, 6) is 0. The zero-order valence-corrected chi connectivity index (χ0v) is 9.44. The minimum Gasteiger partial charge on any atom is -0.309 e. The van der Waals surface area contributed by atoms with Crippen molar-refractivity contribution in [2.75, 3.05) is 5.01 Å². The van der Waals surface area contributed by atoms with Crippen LogP contribution in [0, 0.1) is 5.41 Å². The molecule has 2 N–H and O–H groups in total. The Hall–Kier alpha value is -1.35. The fraction of sp³-hybridized carbons (Fsp3) is 0.417. The Bertz CT molecular complexity index is 381. The Kier molecular flexibility index (Phi) is 2.27. The molecule has 2 rings (SSSR count). The highest BCUT2D eigenvalue weighted by atomic mass is 15.5. The SMILES string of the molecule is CC1=NN(c2ccccc2)C(N)C1(C)C. The Morgan fingerprint density at radius 3 is 2.33 bits per heavy atom. The molecule has 0 fully saturated rings. The average Bonchev–Trinajstić information content (AvgIpc) is 2.44. The van der Waals surface area contributed by atoms with Gasteiger partial charge in [-0.15, -0.1) is 0 Å². The molecule has 0 radical (unpaired) electrons. The molecule has 3 heteroatoms. The third-order valence-electron chi connectivity index (χ3n) is 3.21. The van der Waals surface area contributed by atoms with Crippen molar-refractivity contribution in [3.63, 3.8) is 0 Å². The number of hydrogen-bond acceptors (Lipinski definition) is 3. The van der Waals surface area contributed by atoms with Crippen molar-refractivity contribution < 1.29 is 0 Å². The maximum atomic E-state index is 6.19. The maximum Gasteiger partial charge on any atom is 0.110 e. The number of para-hydroxylation sites is 1. The van der Waals surface area contributed by atoms with Gasteiger partial charge in [0.05, 0.1) is 5.69 Å². The van der Waals surface area contributed by atoms with Crippen LogP contribution in [-0.4, -0.2) is 11.9 Å². The van der Waals surface area contributed by atoms with Gasteiger partial charge in [-0.3, -0.25) is 0 Å². The third-order valence-corrected chi connectivity index (χ3v) is 3.21. The molecule has 0 saturated carbocycles. The van der Waals surface area contributed by atoms with Crippen LogP contribution in [0.15, 0.2) is 35.4 Å². The average molecular weight is 203 g/mol. The number of rotatable bonds is 1. The molecule has 0 bridgehead atoms. The van der Waals surface area contributed by atoms with Gasteiger partial charge in [-0.05, 0) is 19.1 Å². The second kappa shape index (κ2) is 3.35. The van der Waals surface area contributed by atoms with Gasteiger partial charge >= 0.3 is 0 Å². The van der Waals surface area contributed by atoms with Crippen LogP contribution in [0.1, 0.15) is 20.8 Å². The van der Waals surface area contributed by atoms with Crippen LogP contribution in [0.4, 0.5) is 5.69 Å². The third kappa shape index (κ3) is 1.53. The molecule has 15 heavy (non-hydrogen) atoms. The minimum absolute atomic E-state index is 0.0597. The standard InChI is InChI=1S/C12H17N3/c1-9-12(2,3)11(13)15(14-9)10-7-5-4-6-8-10/h4-8,11H,13H2,1-3H3. The molecular formula is C12H17N3. The number of hydrogen-bond donors (Lipinski definition) is 1. The summed E-state index contributed by atoms with van der Waals surface area (Å²) in [7, 11) is 0. The predicted molar refractivity (Wildman–Crippen MR) is 63.8 cm³/mol. The molecule has 1 aliphatic heterocycles. The topological polar surface area (TPSA) is 41.6 Å². The van der Waals surface area contributed by atoms with E-state index in [4.69, 9.17) is 5.73 Å². The van der Waals surface area contributed by atoms with Gasteiger partial charge < -0.3 is 5.73 Å². The second-order valence-electron chi connectivity index (χ2n) is 4.53. The van der Waals surface area contributed by atoms with Crippen molar-refractivity contribution >= 4 is 11.4 Å². The van der Waals surface area contributed by atoms with Crippen LogP contribution >= 0.6 is 0 Å². The summed E-state index contributed by atoms with van der Waals surface area (Å²) in [6.45, 7) is 6.28. The molecule has 0 amide bonds. The van der Waals surface area contributed by atoms with Gasteiger partial charge in [-0.25, -0.2) is 5.01 Å². The van der Waals surface area contributed by atoms with Crippen molar-refractivity contribution in [2.45, 2.75) is 26.9 Å². The second-order valence-corrected chi connectivity index (χ2v) is 4.53. The molecule has 1 unspecified atom stereocenters. The molecule has 1 aromatic carbocycles. The van der Waals surface area contributed by atoms with E-state index in [1.807, 2.05) is 42.3 Å². The Morgan fingerprint density at radius 1 is 1.27 bits per heavy atom. The first kappa shape index (κ1) is 10.2. The molecule has 0 saturated heterocycles. The number of anilines is 1. The Balaban J connectivity index is 2.35. The van der Waals surface area contributed by atoms with E-state index >= 15 is 0 Å². The summed E-state index contributed by atoms with van der Waals surface area (Å²) in [4.78, 5) is 0. The van der Waals surface area contributed by atoms with Crippen molar-refractivity contribution in [1.82, 2.24) is 0 Å². The Morgan fingerprint density at radius 2 is 1.87 bits per heavy atom. The monoisotopic (exact) mass is 203 g/mol. The number of benzene rings is 1. The molecule has 80 valence electrons. The first-order chi connectivity index (χ1) is 7.03. The van der Waals surface area contributed by atoms with E-state index in [2.05, 4.69) is 18.9 Å². The fourth-order valence-electron chi connectivity index (χ4n) is 1.67. The molecular weight excluding hydrogens is 186 g/mol. The van der Waals surface area contributed by atoms with E-state index in [0.717, 1.165) is 11.4 Å². The van der Waals surface area contributed by atoms with E-state index in [1.54, 1.807) is 0 Å². The van der Waals surface area contributed by atoms with Crippen molar-refractivity contribution in [1.29, 1.82) is 0 Å². The molecule has 1 aromatic rings. The van der Waals surface area contributed by atoms with Crippen molar-refractivity contribution in [3.05, 3.63) is 30.3 Å². The molecule has 0 spiro atoms. The minimum atomic E-state index is -0.0834. The summed E-state index contributed by atoms with van der Waals surface area (Å²) in [6.07, 6.45) is -0.0834. The van der Waals surface area contributed by atoms with Gasteiger partial charge in [0, 0.05) is 11.1 Å². The van der Waals surface area contributed by atoms with Crippen LogP contribution in [0.3, 0.4) is 0 Å². The molecule has 1 heterocycles. The van der Waals surface area contributed by atoms with Crippen LogP contribution in [0.25, 0.3) is 0 Å². The lowest BCUT2D eigenvalue weighted by atomic mass is 9.86. The molecule has 1 aliphatic rings. The van der Waals surface area contributed by atoms with Gasteiger partial charge in [0.2, 0.25) is 0 Å². The lowest BCUT2D eigenvalue weighted by molar-refractivity contribution is 0.421. The maximum absolute atomic E-state index is 6.19. The van der Waals surface area contributed by atoms with Crippen molar-refractivity contribution in [3.8, 4) is 0 Å². The summed E-state index contributed by atoms with van der Waals surface area (Å²) in [5, 5.41) is 6.42. The first-order valence-corrected chi connectivity index (χ1v) is 5.19. The molecule has 0 aliphatic carbocycles. The zero-order valence-electron chi connectivity index (χ0n) is 9.44. The summed E-state index contributed by atoms with van der Waals surface area (Å²) < 4.78 is 0. The van der Waals surface area contributed by atoms with Gasteiger partial charge in [-0.2, -0.15) is 5.10 Å². The highest BCUT2D eigenvalue weighted by Crippen LogP contribution is 2.33. The molecule has 0 aromatic heterocycles. The van der Waals surface area contributed by atoms with E-state index in [9.17, 15) is 0 Å². The van der Waals surface area contributed by atoms with Crippen LogP contribution in [0.5, 0.6) is 0 Å². The van der Waals surface area contributed by atoms with Gasteiger partial charge in [0.15, 0.2) is 0 Å². The summed E-state index contributed by atoms with van der Waals surface area (Å²) >= 11 is 0. The normalized spacial score (nSPS) is 24.1. The number of nitrogens with two attached hydrogens (primary N) is 1. The van der Waals surface area contributed by atoms with Crippen LogP contribution in [0.2, 0.25) is 0 Å². The van der Waals surface area contributed by atoms with E-state index in [-0.39, 0.29) is 11.6 Å². The van der Waals surface area contributed by atoms with Crippen molar-refractivity contribution in [2.24, 2.45) is 16.3 Å². The van der Waals surface area contributed by atoms with E-state index in [0.29, 0.717) is 0 Å².